The molecule has 0 saturated carbocycles. The van der Waals surface area contributed by atoms with Crippen molar-refractivity contribution in [1.29, 1.82) is 0 Å². The van der Waals surface area contributed by atoms with Crippen LogP contribution in [0.5, 0.6) is 0 Å². The van der Waals surface area contributed by atoms with E-state index in [1.807, 2.05) is 0 Å². The van der Waals surface area contributed by atoms with Gasteiger partial charge in [-0.3, -0.25) is 0 Å². The summed E-state index contributed by atoms with van der Waals surface area (Å²) in [6.07, 6.45) is 0.570. The lowest BCUT2D eigenvalue weighted by Gasteiger charge is -2.08. The van der Waals surface area contributed by atoms with E-state index in [1.54, 1.807) is 6.92 Å². The average molecular weight is 170 g/mol. The fourth-order valence-corrected chi connectivity index (χ4v) is 0.653. The first-order chi connectivity index (χ1) is 5.61. The Kier molecular flexibility index (Phi) is 5.04. The lowest BCUT2D eigenvalue weighted by Crippen LogP contribution is -2.23. The minimum Gasteiger partial charge on any atom is -0.464 e. The molecule has 0 spiro atoms. The Morgan fingerprint density at radius 2 is 2.33 bits per heavy atom. The molecule has 0 unspecified atom stereocenters. The van der Waals surface area contributed by atoms with Crippen molar-refractivity contribution in [2.24, 2.45) is 0 Å². The average Bonchev–Trinajstić information content (AvgIpc) is 2.04. The summed E-state index contributed by atoms with van der Waals surface area (Å²) in [6.45, 7) is 8.99. The number of hydrogen-bond acceptors (Lipinski definition) is 3. The van der Waals surface area contributed by atoms with Crippen molar-refractivity contribution >= 4 is 5.97 Å². The summed E-state index contributed by atoms with van der Waals surface area (Å²) in [5.74, 6) is -0.611. The number of esters is 1. The van der Waals surface area contributed by atoms with Gasteiger partial charge in [-0.15, -0.1) is 0 Å². The molecule has 0 saturated heterocycles. The quantitative estimate of drug-likeness (QED) is 0.495. The van der Waals surface area contributed by atoms with Crippen LogP contribution >= 0.6 is 0 Å². The standard InChI is InChI=1S/C9H14O3/c1-4-7(3)6-8(10)9(11)12-5-2/h4,8,10H,1,3,5-6H2,2H3/t8-/m0/s1. The topological polar surface area (TPSA) is 46.5 Å². The van der Waals surface area contributed by atoms with Crippen LogP contribution in [0.4, 0.5) is 0 Å². The number of hydrogen-bond donors (Lipinski definition) is 1. The van der Waals surface area contributed by atoms with Crippen LogP contribution in [-0.2, 0) is 9.53 Å². The third-order valence-corrected chi connectivity index (χ3v) is 1.30. The molecular formula is C9H14O3. The minimum atomic E-state index is -1.12. The largest absolute Gasteiger partial charge is 0.464 e. The number of carbonyl (C=O) groups excluding carboxylic acids is 1. The first-order valence-electron chi connectivity index (χ1n) is 3.76. The second-order valence-electron chi connectivity index (χ2n) is 2.33. The van der Waals surface area contributed by atoms with E-state index in [4.69, 9.17) is 5.11 Å². The number of rotatable bonds is 5. The molecule has 0 fully saturated rings. The van der Waals surface area contributed by atoms with E-state index < -0.39 is 12.1 Å². The third kappa shape index (κ3) is 3.93. The molecule has 0 aromatic carbocycles. The lowest BCUT2D eigenvalue weighted by atomic mass is 10.1. The van der Waals surface area contributed by atoms with Crippen molar-refractivity contribution in [2.75, 3.05) is 6.61 Å². The maximum Gasteiger partial charge on any atom is 0.335 e. The predicted octanol–water partition coefficient (Wildman–Crippen LogP) is 1.04. The van der Waals surface area contributed by atoms with E-state index in [0.29, 0.717) is 5.57 Å². The smallest absolute Gasteiger partial charge is 0.335 e. The zero-order valence-corrected chi connectivity index (χ0v) is 7.25. The molecule has 0 heterocycles. The Balaban J connectivity index is 3.85. The van der Waals surface area contributed by atoms with Gasteiger partial charge in [-0.25, -0.2) is 4.79 Å². The van der Waals surface area contributed by atoms with Gasteiger partial charge in [0.1, 0.15) is 0 Å². The van der Waals surface area contributed by atoms with Crippen LogP contribution in [0.2, 0.25) is 0 Å². The monoisotopic (exact) mass is 170 g/mol. The maximum absolute atomic E-state index is 10.8. The highest BCUT2D eigenvalue weighted by atomic mass is 16.5. The van der Waals surface area contributed by atoms with Gasteiger partial charge in [0.05, 0.1) is 6.61 Å². The second kappa shape index (κ2) is 5.55. The van der Waals surface area contributed by atoms with Gasteiger partial charge in [0.25, 0.3) is 0 Å². The van der Waals surface area contributed by atoms with Crippen LogP contribution in [0.3, 0.4) is 0 Å². The van der Waals surface area contributed by atoms with Crippen molar-refractivity contribution in [3.05, 3.63) is 24.8 Å². The van der Waals surface area contributed by atoms with Crippen molar-refractivity contribution in [3.8, 4) is 0 Å². The van der Waals surface area contributed by atoms with Gasteiger partial charge in [0, 0.05) is 6.42 Å². The molecular weight excluding hydrogens is 156 g/mol. The molecule has 0 aromatic heterocycles. The predicted molar refractivity (Wildman–Crippen MR) is 46.6 cm³/mol. The first kappa shape index (κ1) is 10.9. The van der Waals surface area contributed by atoms with Gasteiger partial charge < -0.3 is 9.84 Å². The van der Waals surface area contributed by atoms with E-state index in [2.05, 4.69) is 17.9 Å². The highest BCUT2D eigenvalue weighted by Crippen LogP contribution is 2.04. The van der Waals surface area contributed by atoms with Crippen molar-refractivity contribution in [2.45, 2.75) is 19.4 Å². The van der Waals surface area contributed by atoms with Gasteiger partial charge in [0.15, 0.2) is 6.10 Å². The number of allylic oxidation sites excluding steroid dienone is 1. The van der Waals surface area contributed by atoms with E-state index in [1.165, 1.54) is 6.08 Å². The van der Waals surface area contributed by atoms with Gasteiger partial charge >= 0.3 is 5.97 Å². The Bertz CT molecular complexity index is 184. The van der Waals surface area contributed by atoms with E-state index in [-0.39, 0.29) is 13.0 Å². The first-order valence-corrected chi connectivity index (χ1v) is 3.76. The van der Waals surface area contributed by atoms with Crippen molar-refractivity contribution < 1.29 is 14.6 Å². The molecule has 0 bridgehead atoms. The Morgan fingerprint density at radius 1 is 1.75 bits per heavy atom. The van der Waals surface area contributed by atoms with Crippen molar-refractivity contribution in [3.63, 3.8) is 0 Å². The van der Waals surface area contributed by atoms with E-state index in [0.717, 1.165) is 0 Å². The van der Waals surface area contributed by atoms with Gasteiger partial charge in [0.2, 0.25) is 0 Å². The maximum atomic E-state index is 10.8. The van der Waals surface area contributed by atoms with Gasteiger partial charge in [-0.2, -0.15) is 0 Å². The Labute approximate surface area is 72.3 Å². The molecule has 0 aliphatic rings. The fourth-order valence-electron chi connectivity index (χ4n) is 0.653. The summed E-state index contributed by atoms with van der Waals surface area (Å²) in [5, 5.41) is 9.17. The van der Waals surface area contributed by atoms with Crippen LogP contribution in [0, 0.1) is 0 Å². The summed E-state index contributed by atoms with van der Waals surface area (Å²) < 4.78 is 4.58. The molecule has 0 aromatic rings. The molecule has 3 heteroatoms. The minimum absolute atomic E-state index is 0.183. The molecule has 1 atom stereocenters. The van der Waals surface area contributed by atoms with Crippen LogP contribution < -0.4 is 0 Å². The summed E-state index contributed by atoms with van der Waals surface area (Å²) in [5.41, 5.74) is 0.621. The number of aliphatic hydroxyl groups excluding tert-OH is 1. The van der Waals surface area contributed by atoms with E-state index in [9.17, 15) is 4.79 Å². The molecule has 0 aliphatic heterocycles. The zero-order chi connectivity index (χ0) is 9.56. The number of aliphatic hydroxyl groups is 1. The summed E-state index contributed by atoms with van der Waals surface area (Å²) in [7, 11) is 0. The highest BCUT2D eigenvalue weighted by Gasteiger charge is 2.15. The summed E-state index contributed by atoms with van der Waals surface area (Å²) >= 11 is 0. The van der Waals surface area contributed by atoms with Gasteiger partial charge in [-0.05, 0) is 6.92 Å². The Morgan fingerprint density at radius 3 is 2.75 bits per heavy atom. The highest BCUT2D eigenvalue weighted by molar-refractivity contribution is 5.74. The number of ether oxygens (including phenoxy) is 1. The molecule has 0 radical (unpaired) electrons. The summed E-state index contributed by atoms with van der Waals surface area (Å²) in [6, 6.07) is 0. The molecule has 0 rings (SSSR count). The lowest BCUT2D eigenvalue weighted by molar-refractivity contribution is -0.152. The fraction of sp³-hybridized carbons (Fsp3) is 0.444. The molecule has 0 amide bonds. The third-order valence-electron chi connectivity index (χ3n) is 1.30. The van der Waals surface area contributed by atoms with Crippen LogP contribution in [-0.4, -0.2) is 23.8 Å². The molecule has 3 nitrogen and oxygen atoms in total. The molecule has 1 N–H and O–H groups in total. The number of carbonyl (C=O) groups is 1. The Hall–Kier alpha value is -1.09. The van der Waals surface area contributed by atoms with Crippen LogP contribution in [0.25, 0.3) is 0 Å². The molecule has 68 valence electrons. The molecule has 0 aliphatic carbocycles. The van der Waals surface area contributed by atoms with Crippen LogP contribution in [0.15, 0.2) is 24.8 Å². The second-order valence-corrected chi connectivity index (χ2v) is 2.33. The molecule has 12 heavy (non-hydrogen) atoms. The summed E-state index contributed by atoms with van der Waals surface area (Å²) in [4.78, 5) is 10.8. The van der Waals surface area contributed by atoms with E-state index >= 15 is 0 Å². The van der Waals surface area contributed by atoms with Gasteiger partial charge in [-0.1, -0.05) is 24.8 Å². The van der Waals surface area contributed by atoms with Crippen LogP contribution in [0.1, 0.15) is 13.3 Å². The zero-order valence-electron chi connectivity index (χ0n) is 7.25. The normalized spacial score (nSPS) is 11.8. The van der Waals surface area contributed by atoms with Crippen molar-refractivity contribution in [1.82, 2.24) is 0 Å². The SMILES string of the molecule is C=CC(=C)C[C@H](O)C(=O)OCC.